The third-order valence-corrected chi connectivity index (χ3v) is 6.90. The largest absolute Gasteiger partial charge is 0.399 e. The fourth-order valence-corrected chi connectivity index (χ4v) is 4.82. The summed E-state index contributed by atoms with van der Waals surface area (Å²) in [5.41, 5.74) is 9.64. The number of halogens is 2. The van der Waals surface area contributed by atoms with Crippen molar-refractivity contribution in [3.8, 4) is 0 Å². The number of likely N-dealkylation sites (tertiary alicyclic amines) is 1. The summed E-state index contributed by atoms with van der Waals surface area (Å²) in [6.07, 6.45) is 2.39. The summed E-state index contributed by atoms with van der Waals surface area (Å²) in [4.78, 5) is 18.4. The Labute approximate surface area is 213 Å². The Hall–Kier alpha value is -2.53. The number of likely N-dealkylation sites (N-methyl/N-ethyl adjacent to an activating group) is 1. The van der Waals surface area contributed by atoms with E-state index >= 15 is 0 Å². The van der Waals surface area contributed by atoms with Gasteiger partial charge in [0.25, 0.3) is 0 Å². The zero-order valence-corrected chi connectivity index (χ0v) is 20.3. The zero-order valence-electron chi connectivity index (χ0n) is 18.8. The Bertz CT molecular complexity index is 1030. The quantitative estimate of drug-likeness (QED) is 0.372. The maximum absolute atomic E-state index is 14.1. The maximum atomic E-state index is 14.1. The summed E-state index contributed by atoms with van der Waals surface area (Å²) in [5, 5.41) is 1.28. The van der Waals surface area contributed by atoms with Crippen LogP contribution in [0.3, 0.4) is 0 Å². The Kier molecular flexibility index (Phi) is 9.01. The van der Waals surface area contributed by atoms with Crippen LogP contribution in [-0.2, 0) is 4.79 Å². The third-order valence-electron chi connectivity index (χ3n) is 6.39. The van der Waals surface area contributed by atoms with Crippen molar-refractivity contribution in [2.75, 3.05) is 32.4 Å². The fraction of sp³-hybridized carbons (Fsp3) is 0.321. The number of carbonyl (C=O) groups excluding carboxylic acids is 1. The molecule has 1 heterocycles. The minimum absolute atomic E-state index is 0. The van der Waals surface area contributed by atoms with Gasteiger partial charge < -0.3 is 15.5 Å². The van der Waals surface area contributed by atoms with Gasteiger partial charge >= 0.3 is 0 Å². The topological polar surface area (TPSA) is 49.6 Å². The van der Waals surface area contributed by atoms with Gasteiger partial charge in [-0.3, -0.25) is 4.79 Å². The minimum atomic E-state index is -0.466. The Morgan fingerprint density at radius 3 is 1.94 bits per heavy atom. The third kappa shape index (κ3) is 6.12. The van der Waals surface area contributed by atoms with Crippen molar-refractivity contribution in [2.45, 2.75) is 32.2 Å². The average molecular weight is 498 g/mol. The number of nitrogens with zero attached hydrogens (tertiary/aromatic N) is 2. The normalized spacial score (nSPS) is 14.6. The van der Waals surface area contributed by atoms with E-state index in [1.54, 1.807) is 0 Å². The van der Waals surface area contributed by atoms with Gasteiger partial charge in [-0.15, -0.1) is 0 Å². The molecule has 3 aromatic carbocycles. The van der Waals surface area contributed by atoms with E-state index in [4.69, 9.17) is 28.9 Å². The number of benzene rings is 3. The van der Waals surface area contributed by atoms with Crippen LogP contribution in [0.25, 0.3) is 0 Å². The second-order valence-corrected chi connectivity index (χ2v) is 9.55. The lowest BCUT2D eigenvalue weighted by atomic mass is 9.89. The molecule has 0 aliphatic carbocycles. The molecule has 1 aliphatic heterocycles. The first-order chi connectivity index (χ1) is 15.9. The van der Waals surface area contributed by atoms with Gasteiger partial charge in [-0.1, -0.05) is 67.0 Å². The van der Waals surface area contributed by atoms with Crippen LogP contribution in [0, 0.1) is 0 Å². The van der Waals surface area contributed by atoms with Crippen LogP contribution < -0.4 is 5.73 Å². The van der Waals surface area contributed by atoms with Crippen molar-refractivity contribution in [2.24, 2.45) is 0 Å². The average Bonchev–Trinajstić information content (AvgIpc) is 3.33. The Balaban J connectivity index is 0.00000324. The van der Waals surface area contributed by atoms with Crippen LogP contribution in [0.2, 0.25) is 10.0 Å². The van der Waals surface area contributed by atoms with Gasteiger partial charge in [-0.05, 0) is 79.0 Å². The number of hydrogen-bond acceptors (Lipinski definition) is 3. The molecule has 1 aliphatic rings. The van der Waals surface area contributed by atoms with Crippen molar-refractivity contribution in [1.29, 1.82) is 0 Å². The first-order valence-electron chi connectivity index (χ1n) is 11.3. The summed E-state index contributed by atoms with van der Waals surface area (Å²) in [5.74, 6) is -0.446. The Morgan fingerprint density at radius 1 is 0.912 bits per heavy atom. The smallest absolute Gasteiger partial charge is 0.234 e. The van der Waals surface area contributed by atoms with Crippen LogP contribution in [0.15, 0.2) is 72.8 Å². The van der Waals surface area contributed by atoms with Gasteiger partial charge in [0.1, 0.15) is 0 Å². The lowest BCUT2D eigenvalue weighted by Crippen LogP contribution is -2.41. The number of anilines is 1. The van der Waals surface area contributed by atoms with Crippen LogP contribution >= 0.6 is 23.2 Å². The molecule has 3 aromatic rings. The summed E-state index contributed by atoms with van der Waals surface area (Å²) in [6.45, 7) is 2.89. The molecule has 0 aromatic heterocycles. The van der Waals surface area contributed by atoms with Crippen molar-refractivity contribution < 1.29 is 4.79 Å². The molecule has 1 fully saturated rings. The second kappa shape index (κ2) is 11.7. The molecule has 0 saturated carbocycles. The van der Waals surface area contributed by atoms with Crippen molar-refractivity contribution in [3.63, 3.8) is 0 Å². The van der Waals surface area contributed by atoms with Crippen molar-refractivity contribution in [1.82, 2.24) is 9.80 Å². The van der Waals surface area contributed by atoms with Gasteiger partial charge in [0.15, 0.2) is 0 Å². The van der Waals surface area contributed by atoms with Gasteiger partial charge in [0.05, 0.1) is 12.0 Å². The van der Waals surface area contributed by atoms with E-state index in [-0.39, 0.29) is 19.4 Å². The molecule has 1 saturated heterocycles. The Morgan fingerprint density at radius 2 is 1.44 bits per heavy atom. The van der Waals surface area contributed by atoms with Gasteiger partial charge in [-0.25, -0.2) is 0 Å². The van der Waals surface area contributed by atoms with E-state index in [1.807, 2.05) is 78.7 Å². The highest BCUT2D eigenvalue weighted by molar-refractivity contribution is 6.30. The predicted molar refractivity (Wildman–Crippen MR) is 144 cm³/mol. The van der Waals surface area contributed by atoms with E-state index in [9.17, 15) is 4.79 Å². The second-order valence-electron chi connectivity index (χ2n) is 8.68. The highest BCUT2D eigenvalue weighted by atomic mass is 35.5. The molecule has 6 heteroatoms. The predicted octanol–water partition coefficient (Wildman–Crippen LogP) is 6.64. The van der Waals surface area contributed by atoms with Crippen molar-refractivity contribution in [3.05, 3.63) is 99.5 Å². The van der Waals surface area contributed by atoms with E-state index in [0.29, 0.717) is 15.7 Å². The van der Waals surface area contributed by atoms with E-state index in [0.717, 1.165) is 36.3 Å². The van der Waals surface area contributed by atoms with Crippen LogP contribution in [0.5, 0.6) is 0 Å². The summed E-state index contributed by atoms with van der Waals surface area (Å²) in [6, 6.07) is 22.7. The number of hydrogen-bond donors (Lipinski definition) is 1. The zero-order chi connectivity index (χ0) is 23.4. The molecule has 0 bridgehead atoms. The molecular weight excluding hydrogens is 465 g/mol. The summed E-state index contributed by atoms with van der Waals surface area (Å²) >= 11 is 12.3. The van der Waals surface area contributed by atoms with Crippen LogP contribution in [0.1, 0.15) is 48.9 Å². The first kappa shape index (κ1) is 26.1. The SMILES string of the molecule is C.CN(C(=O)C(c1ccc(Cl)cc1)c1ccc(Cl)cc1)[C@H](CN1CCCC1)c1cccc(N)c1. The molecule has 180 valence electrons. The first-order valence-corrected chi connectivity index (χ1v) is 12.0. The fourth-order valence-electron chi connectivity index (χ4n) is 4.57. The molecule has 4 nitrogen and oxygen atoms in total. The number of rotatable bonds is 7. The lowest BCUT2D eigenvalue weighted by molar-refractivity contribution is -0.133. The molecule has 0 unspecified atom stereocenters. The molecule has 34 heavy (non-hydrogen) atoms. The monoisotopic (exact) mass is 497 g/mol. The van der Waals surface area contributed by atoms with Gasteiger partial charge in [0.2, 0.25) is 5.91 Å². The molecular formula is C28H33Cl2N3O. The molecule has 0 spiro atoms. The molecule has 0 radical (unpaired) electrons. The lowest BCUT2D eigenvalue weighted by Gasteiger charge is -2.34. The van der Waals surface area contributed by atoms with Gasteiger partial charge in [0, 0.05) is 29.3 Å². The molecule has 1 atom stereocenters. The number of nitrogen functional groups attached to an aromatic ring is 1. The summed E-state index contributed by atoms with van der Waals surface area (Å²) < 4.78 is 0. The van der Waals surface area contributed by atoms with E-state index < -0.39 is 5.92 Å². The minimum Gasteiger partial charge on any atom is -0.399 e. The van der Waals surface area contributed by atoms with E-state index in [1.165, 1.54) is 12.8 Å². The maximum Gasteiger partial charge on any atom is 0.234 e. The highest BCUT2D eigenvalue weighted by Gasteiger charge is 2.32. The number of carbonyl (C=O) groups is 1. The van der Waals surface area contributed by atoms with Gasteiger partial charge in [-0.2, -0.15) is 0 Å². The van der Waals surface area contributed by atoms with Crippen LogP contribution in [-0.4, -0.2) is 42.4 Å². The summed E-state index contributed by atoms with van der Waals surface area (Å²) in [7, 11) is 1.89. The molecule has 2 N–H and O–H groups in total. The number of amides is 1. The van der Waals surface area contributed by atoms with Crippen molar-refractivity contribution >= 4 is 34.8 Å². The van der Waals surface area contributed by atoms with Crippen LogP contribution in [0.4, 0.5) is 5.69 Å². The molecule has 4 rings (SSSR count). The highest BCUT2D eigenvalue weighted by Crippen LogP contribution is 2.33. The van der Waals surface area contributed by atoms with E-state index in [2.05, 4.69) is 11.0 Å². The standard InChI is InChI=1S/C27H29Cl2N3O.CH4/c1-31(25(18-32-15-2-3-16-32)21-5-4-6-24(30)17-21)27(33)26(19-7-11-22(28)12-8-19)20-9-13-23(29)14-10-20;/h4-14,17,25-26H,2-3,15-16,18,30H2,1H3;1H4/t25-;/m1./s1. The number of nitrogens with two attached hydrogens (primary N) is 1. The molecule has 1 amide bonds.